The molecule has 2 atom stereocenters. The van der Waals surface area contributed by atoms with Crippen LogP contribution in [-0.2, 0) is 20.9 Å². The van der Waals surface area contributed by atoms with E-state index in [0.717, 1.165) is 22.8 Å². The smallest absolute Gasteiger partial charge is 0.410 e. The van der Waals surface area contributed by atoms with Crippen molar-refractivity contribution in [2.24, 2.45) is 0 Å². The standard InChI is InChI=1S/C31H35NO6/c1-5-35-25-12-13-26(28(19-25)36-17-16-33)27-14-15-32(30(34)38-31(2,3)4)20-29(27)37-21-22-10-11-23-8-6-7-9-24(23)18-22/h6-13,17-19,27,29H,5,14-15,20-21H2,1-4H3. The monoisotopic (exact) mass is 517 g/mol. The molecule has 7 nitrogen and oxygen atoms in total. The van der Waals surface area contributed by atoms with Crippen molar-refractivity contribution in [3.8, 4) is 11.5 Å². The van der Waals surface area contributed by atoms with Crippen LogP contribution in [0.5, 0.6) is 11.5 Å². The highest BCUT2D eigenvalue weighted by Crippen LogP contribution is 2.39. The van der Waals surface area contributed by atoms with Crippen molar-refractivity contribution in [1.29, 1.82) is 0 Å². The van der Waals surface area contributed by atoms with E-state index in [4.69, 9.17) is 18.9 Å². The molecule has 0 aromatic heterocycles. The quantitative estimate of drug-likeness (QED) is 0.259. The number of benzene rings is 3. The summed E-state index contributed by atoms with van der Waals surface area (Å²) in [6, 6.07) is 20.1. The molecule has 1 aliphatic heterocycles. The van der Waals surface area contributed by atoms with Crippen molar-refractivity contribution >= 4 is 22.8 Å². The van der Waals surface area contributed by atoms with E-state index in [1.165, 1.54) is 5.39 Å². The van der Waals surface area contributed by atoms with Gasteiger partial charge in [-0.2, -0.15) is 0 Å². The third-order valence-electron chi connectivity index (χ3n) is 6.42. The first-order valence-electron chi connectivity index (χ1n) is 13.0. The van der Waals surface area contributed by atoms with E-state index >= 15 is 0 Å². The molecule has 2 unspecified atom stereocenters. The van der Waals surface area contributed by atoms with Crippen molar-refractivity contribution in [2.45, 2.75) is 58.3 Å². The highest BCUT2D eigenvalue weighted by Gasteiger charge is 2.36. The Balaban J connectivity index is 1.61. The fraction of sp³-hybridized carbons (Fsp3) is 0.387. The zero-order valence-corrected chi connectivity index (χ0v) is 22.4. The van der Waals surface area contributed by atoms with Crippen LogP contribution in [0, 0.1) is 0 Å². The number of carbonyl (C=O) groups is 1. The number of amides is 1. The van der Waals surface area contributed by atoms with Crippen LogP contribution in [0.1, 0.15) is 51.2 Å². The molecule has 38 heavy (non-hydrogen) atoms. The van der Waals surface area contributed by atoms with Gasteiger partial charge in [-0.15, -0.1) is 0 Å². The molecule has 4 rings (SSSR count). The SMILES string of the molecule is CCOc1ccc(C2CCN(C(=O)OC(C)(C)C)CC2OCc2ccc3ccccc3c2)c(OC=C=O)c1. The number of carbonyl (C=O) groups excluding carboxylic acids is 2. The molecule has 200 valence electrons. The van der Waals surface area contributed by atoms with E-state index in [1.54, 1.807) is 16.9 Å². The first-order chi connectivity index (χ1) is 18.3. The van der Waals surface area contributed by atoms with Crippen molar-refractivity contribution in [3.05, 3.63) is 78.1 Å². The Hall–Kier alpha value is -3.80. The zero-order chi connectivity index (χ0) is 27.1. The molecular weight excluding hydrogens is 482 g/mol. The molecule has 3 aromatic rings. The molecule has 0 spiro atoms. The van der Waals surface area contributed by atoms with Gasteiger partial charge < -0.3 is 23.8 Å². The van der Waals surface area contributed by atoms with Gasteiger partial charge in [0.05, 0.1) is 25.9 Å². The van der Waals surface area contributed by atoms with Gasteiger partial charge in [-0.1, -0.05) is 42.5 Å². The number of rotatable bonds is 8. The number of piperidine rings is 1. The Kier molecular flexibility index (Phi) is 8.72. The van der Waals surface area contributed by atoms with Crippen molar-refractivity contribution in [1.82, 2.24) is 4.90 Å². The number of fused-ring (bicyclic) bond motifs is 1. The van der Waals surface area contributed by atoms with Gasteiger partial charge in [-0.25, -0.2) is 9.59 Å². The van der Waals surface area contributed by atoms with E-state index in [1.807, 2.05) is 52.0 Å². The summed E-state index contributed by atoms with van der Waals surface area (Å²) in [4.78, 5) is 25.5. The second-order valence-corrected chi connectivity index (χ2v) is 10.3. The summed E-state index contributed by atoms with van der Waals surface area (Å²) in [6.45, 7) is 9.24. The van der Waals surface area contributed by atoms with E-state index in [-0.39, 0.29) is 18.1 Å². The lowest BCUT2D eigenvalue weighted by atomic mass is 9.86. The molecule has 1 aliphatic rings. The van der Waals surface area contributed by atoms with Gasteiger partial charge >= 0.3 is 6.09 Å². The molecule has 0 saturated carbocycles. The second kappa shape index (κ2) is 12.2. The Morgan fingerprint density at radius 2 is 1.87 bits per heavy atom. The summed E-state index contributed by atoms with van der Waals surface area (Å²) >= 11 is 0. The molecule has 1 heterocycles. The molecule has 0 radical (unpaired) electrons. The summed E-state index contributed by atoms with van der Waals surface area (Å²) in [5, 5.41) is 2.31. The molecule has 3 aromatic carbocycles. The minimum atomic E-state index is -0.591. The fourth-order valence-corrected chi connectivity index (χ4v) is 4.73. The minimum absolute atomic E-state index is 0.0835. The first-order valence-corrected chi connectivity index (χ1v) is 13.0. The Bertz CT molecular complexity index is 1310. The summed E-state index contributed by atoms with van der Waals surface area (Å²) in [5.41, 5.74) is 1.34. The normalized spacial score (nSPS) is 17.5. The highest BCUT2D eigenvalue weighted by molar-refractivity contribution is 5.82. The predicted octanol–water partition coefficient (Wildman–Crippen LogP) is 6.27. The Morgan fingerprint density at radius 3 is 2.61 bits per heavy atom. The van der Waals surface area contributed by atoms with Crippen LogP contribution in [0.2, 0.25) is 0 Å². The maximum absolute atomic E-state index is 12.9. The summed E-state index contributed by atoms with van der Waals surface area (Å²) in [7, 11) is 0. The van der Waals surface area contributed by atoms with Gasteiger partial charge in [0, 0.05) is 24.1 Å². The van der Waals surface area contributed by atoms with Gasteiger partial charge in [0.15, 0.2) is 12.2 Å². The molecule has 1 amide bonds. The fourth-order valence-electron chi connectivity index (χ4n) is 4.73. The van der Waals surface area contributed by atoms with Crippen LogP contribution in [0.25, 0.3) is 10.8 Å². The molecule has 7 heteroatoms. The van der Waals surface area contributed by atoms with Crippen molar-refractivity contribution in [2.75, 3.05) is 19.7 Å². The number of hydrogen-bond acceptors (Lipinski definition) is 6. The van der Waals surface area contributed by atoms with Crippen molar-refractivity contribution in [3.63, 3.8) is 0 Å². The van der Waals surface area contributed by atoms with Crippen LogP contribution >= 0.6 is 0 Å². The topological polar surface area (TPSA) is 74.3 Å². The van der Waals surface area contributed by atoms with E-state index in [2.05, 4.69) is 30.3 Å². The highest BCUT2D eigenvalue weighted by atomic mass is 16.6. The number of nitrogens with zero attached hydrogens (tertiary/aromatic N) is 1. The van der Waals surface area contributed by atoms with Gasteiger partial charge in [0.25, 0.3) is 0 Å². The van der Waals surface area contributed by atoms with E-state index < -0.39 is 5.60 Å². The number of likely N-dealkylation sites (tertiary alicyclic amines) is 1. The van der Waals surface area contributed by atoms with Crippen LogP contribution in [0.3, 0.4) is 0 Å². The molecule has 0 aliphatic carbocycles. The Morgan fingerprint density at radius 1 is 1.08 bits per heavy atom. The van der Waals surface area contributed by atoms with Crippen LogP contribution in [0.15, 0.2) is 66.9 Å². The maximum Gasteiger partial charge on any atom is 0.410 e. The summed E-state index contributed by atoms with van der Waals surface area (Å²) in [5.74, 6) is 2.74. The Labute approximate surface area is 223 Å². The van der Waals surface area contributed by atoms with Crippen LogP contribution < -0.4 is 9.47 Å². The average molecular weight is 518 g/mol. The predicted molar refractivity (Wildman–Crippen MR) is 146 cm³/mol. The third-order valence-corrected chi connectivity index (χ3v) is 6.42. The average Bonchev–Trinajstić information content (AvgIpc) is 2.90. The largest absolute Gasteiger partial charge is 0.494 e. The number of hydrogen-bond donors (Lipinski definition) is 0. The van der Waals surface area contributed by atoms with E-state index in [9.17, 15) is 9.59 Å². The summed E-state index contributed by atoms with van der Waals surface area (Å²) < 4.78 is 23.4. The summed E-state index contributed by atoms with van der Waals surface area (Å²) in [6.07, 6.45) is 0.942. The maximum atomic E-state index is 12.9. The minimum Gasteiger partial charge on any atom is -0.494 e. The number of ether oxygens (including phenoxy) is 4. The molecule has 0 bridgehead atoms. The molecule has 1 saturated heterocycles. The lowest BCUT2D eigenvalue weighted by molar-refractivity contribution is -0.0361. The van der Waals surface area contributed by atoms with Gasteiger partial charge in [-0.05, 0) is 62.6 Å². The van der Waals surface area contributed by atoms with Crippen LogP contribution in [-0.4, -0.2) is 48.3 Å². The third kappa shape index (κ3) is 6.94. The van der Waals surface area contributed by atoms with Gasteiger partial charge in [0.1, 0.15) is 17.1 Å². The second-order valence-electron chi connectivity index (χ2n) is 10.3. The molecule has 0 N–H and O–H groups in total. The van der Waals surface area contributed by atoms with Crippen molar-refractivity contribution < 1.29 is 28.5 Å². The zero-order valence-electron chi connectivity index (χ0n) is 22.4. The first kappa shape index (κ1) is 27.2. The van der Waals surface area contributed by atoms with Gasteiger partial charge in [-0.3, -0.25) is 0 Å². The molecular formula is C31H35NO6. The lowest BCUT2D eigenvalue weighted by Gasteiger charge is -2.39. The van der Waals surface area contributed by atoms with Crippen LogP contribution in [0.4, 0.5) is 4.79 Å². The van der Waals surface area contributed by atoms with Gasteiger partial charge in [0.2, 0.25) is 0 Å². The van der Waals surface area contributed by atoms with E-state index in [0.29, 0.717) is 44.2 Å². The lowest BCUT2D eigenvalue weighted by Crippen LogP contribution is -2.48. The molecule has 1 fully saturated rings.